The SMILES string of the molecule is CC1C(N)CCN1S(=O)(=O)c1ccc(Br)cc1F. The molecule has 1 fully saturated rings. The van der Waals surface area contributed by atoms with E-state index in [-0.39, 0.29) is 17.0 Å². The van der Waals surface area contributed by atoms with Crippen LogP contribution >= 0.6 is 15.9 Å². The summed E-state index contributed by atoms with van der Waals surface area (Å²) in [5.74, 6) is -0.753. The van der Waals surface area contributed by atoms with E-state index in [9.17, 15) is 12.8 Å². The molecule has 1 aliphatic rings. The van der Waals surface area contributed by atoms with Gasteiger partial charge in [0, 0.05) is 23.1 Å². The molecule has 2 N–H and O–H groups in total. The lowest BCUT2D eigenvalue weighted by atomic mass is 10.2. The Hall–Kier alpha value is -0.500. The van der Waals surface area contributed by atoms with Crippen molar-refractivity contribution in [2.75, 3.05) is 6.54 Å². The van der Waals surface area contributed by atoms with E-state index in [1.807, 2.05) is 0 Å². The zero-order valence-electron chi connectivity index (χ0n) is 9.81. The van der Waals surface area contributed by atoms with Gasteiger partial charge in [-0.15, -0.1) is 0 Å². The van der Waals surface area contributed by atoms with Crippen molar-refractivity contribution in [2.24, 2.45) is 5.73 Å². The average Bonchev–Trinajstić information content (AvgIpc) is 2.59. The van der Waals surface area contributed by atoms with Crippen molar-refractivity contribution in [2.45, 2.75) is 30.3 Å². The van der Waals surface area contributed by atoms with Gasteiger partial charge in [-0.2, -0.15) is 4.31 Å². The maximum atomic E-state index is 13.8. The molecule has 2 unspecified atom stereocenters. The summed E-state index contributed by atoms with van der Waals surface area (Å²) in [5.41, 5.74) is 5.80. The van der Waals surface area contributed by atoms with E-state index in [0.29, 0.717) is 17.4 Å². The van der Waals surface area contributed by atoms with E-state index in [4.69, 9.17) is 5.73 Å². The van der Waals surface area contributed by atoms with Crippen LogP contribution in [-0.2, 0) is 10.0 Å². The summed E-state index contributed by atoms with van der Waals surface area (Å²) >= 11 is 3.10. The summed E-state index contributed by atoms with van der Waals surface area (Å²) < 4.78 is 40.2. The molecule has 1 aromatic rings. The number of nitrogens with two attached hydrogens (primary N) is 1. The van der Waals surface area contributed by atoms with Gasteiger partial charge in [-0.1, -0.05) is 15.9 Å². The number of hydrogen-bond acceptors (Lipinski definition) is 3. The first kappa shape index (κ1) is 13.9. The molecule has 1 saturated heterocycles. The lowest BCUT2D eigenvalue weighted by Gasteiger charge is -2.22. The van der Waals surface area contributed by atoms with E-state index in [0.717, 1.165) is 6.07 Å². The maximum Gasteiger partial charge on any atom is 0.246 e. The maximum absolute atomic E-state index is 13.8. The summed E-state index contributed by atoms with van der Waals surface area (Å²) in [6.07, 6.45) is 0.596. The number of sulfonamides is 1. The molecule has 100 valence electrons. The second-order valence-corrected chi connectivity index (χ2v) is 7.16. The van der Waals surface area contributed by atoms with Crippen molar-refractivity contribution < 1.29 is 12.8 Å². The van der Waals surface area contributed by atoms with Gasteiger partial charge in [-0.25, -0.2) is 12.8 Å². The summed E-state index contributed by atoms with van der Waals surface area (Å²) in [4.78, 5) is -0.299. The fourth-order valence-electron chi connectivity index (χ4n) is 2.08. The first-order valence-corrected chi connectivity index (χ1v) is 7.80. The second-order valence-electron chi connectivity index (χ2n) is 4.38. The molecule has 0 saturated carbocycles. The Balaban J connectivity index is 2.43. The number of hydrogen-bond donors (Lipinski definition) is 1. The molecule has 0 bridgehead atoms. The third-order valence-corrected chi connectivity index (χ3v) is 5.75. The Labute approximate surface area is 114 Å². The smallest absolute Gasteiger partial charge is 0.246 e. The minimum atomic E-state index is -3.81. The van der Waals surface area contributed by atoms with Crippen LogP contribution < -0.4 is 5.73 Å². The molecule has 1 heterocycles. The predicted octanol–water partition coefficient (Wildman–Crippen LogP) is 1.70. The lowest BCUT2D eigenvalue weighted by molar-refractivity contribution is 0.390. The first-order chi connectivity index (χ1) is 8.34. The van der Waals surface area contributed by atoms with Crippen LogP contribution in [0.2, 0.25) is 0 Å². The molecular weight excluding hydrogens is 323 g/mol. The van der Waals surface area contributed by atoms with Gasteiger partial charge in [0.05, 0.1) is 0 Å². The average molecular weight is 337 g/mol. The zero-order valence-corrected chi connectivity index (χ0v) is 12.2. The van der Waals surface area contributed by atoms with Gasteiger partial charge in [0.1, 0.15) is 10.7 Å². The Bertz CT molecular complexity index is 564. The molecule has 2 atom stereocenters. The third kappa shape index (κ3) is 2.32. The van der Waals surface area contributed by atoms with Crippen LogP contribution in [0.25, 0.3) is 0 Å². The minimum absolute atomic E-state index is 0.196. The predicted molar refractivity (Wildman–Crippen MR) is 70.0 cm³/mol. The van der Waals surface area contributed by atoms with Crippen LogP contribution in [-0.4, -0.2) is 31.4 Å². The van der Waals surface area contributed by atoms with Crippen molar-refractivity contribution in [1.29, 1.82) is 0 Å². The Kier molecular flexibility index (Phi) is 3.77. The van der Waals surface area contributed by atoms with Crippen molar-refractivity contribution >= 4 is 26.0 Å². The minimum Gasteiger partial charge on any atom is -0.326 e. The second kappa shape index (κ2) is 4.88. The molecule has 0 amide bonds. The van der Waals surface area contributed by atoms with Gasteiger partial charge in [0.2, 0.25) is 10.0 Å². The van der Waals surface area contributed by atoms with Gasteiger partial charge in [0.15, 0.2) is 0 Å². The van der Waals surface area contributed by atoms with E-state index in [1.165, 1.54) is 16.4 Å². The van der Waals surface area contributed by atoms with E-state index in [2.05, 4.69) is 15.9 Å². The molecule has 2 rings (SSSR count). The Morgan fingerprint density at radius 2 is 2.17 bits per heavy atom. The molecule has 0 radical (unpaired) electrons. The Morgan fingerprint density at radius 1 is 1.50 bits per heavy atom. The Morgan fingerprint density at radius 3 is 2.67 bits per heavy atom. The molecule has 7 heteroatoms. The molecule has 0 aliphatic carbocycles. The van der Waals surface area contributed by atoms with Crippen LogP contribution in [0.15, 0.2) is 27.6 Å². The van der Waals surface area contributed by atoms with E-state index in [1.54, 1.807) is 6.92 Å². The zero-order chi connectivity index (χ0) is 13.5. The highest BCUT2D eigenvalue weighted by Gasteiger charge is 2.38. The molecule has 1 aromatic carbocycles. The summed E-state index contributed by atoms with van der Waals surface area (Å²) in [5, 5.41) is 0. The largest absolute Gasteiger partial charge is 0.326 e. The summed E-state index contributed by atoms with van der Waals surface area (Å²) in [7, 11) is -3.81. The third-order valence-electron chi connectivity index (χ3n) is 3.24. The van der Waals surface area contributed by atoms with Gasteiger partial charge >= 0.3 is 0 Å². The fraction of sp³-hybridized carbons (Fsp3) is 0.455. The normalized spacial score (nSPS) is 25.6. The van der Waals surface area contributed by atoms with Crippen molar-refractivity contribution in [3.05, 3.63) is 28.5 Å². The van der Waals surface area contributed by atoms with Crippen LogP contribution in [0.3, 0.4) is 0 Å². The molecule has 0 aromatic heterocycles. The van der Waals surface area contributed by atoms with E-state index >= 15 is 0 Å². The standard InChI is InChI=1S/C11H14BrFN2O2S/c1-7-10(14)4-5-15(7)18(16,17)11-3-2-8(12)6-9(11)13/h2-3,6-7,10H,4-5,14H2,1H3. The molecule has 18 heavy (non-hydrogen) atoms. The summed E-state index contributed by atoms with van der Waals surface area (Å²) in [6, 6.07) is 3.42. The number of rotatable bonds is 2. The van der Waals surface area contributed by atoms with Crippen LogP contribution in [0, 0.1) is 5.82 Å². The molecule has 4 nitrogen and oxygen atoms in total. The monoisotopic (exact) mass is 336 g/mol. The highest BCUT2D eigenvalue weighted by molar-refractivity contribution is 9.10. The fourth-order valence-corrected chi connectivity index (χ4v) is 4.16. The number of halogens is 2. The number of nitrogens with zero attached hydrogens (tertiary/aromatic N) is 1. The van der Waals surface area contributed by atoms with Gasteiger partial charge in [-0.3, -0.25) is 0 Å². The van der Waals surface area contributed by atoms with Crippen LogP contribution in [0.1, 0.15) is 13.3 Å². The topological polar surface area (TPSA) is 63.4 Å². The van der Waals surface area contributed by atoms with Gasteiger partial charge in [0.25, 0.3) is 0 Å². The quantitative estimate of drug-likeness (QED) is 0.893. The van der Waals surface area contributed by atoms with Crippen LogP contribution in [0.4, 0.5) is 4.39 Å². The summed E-state index contributed by atoms with van der Waals surface area (Å²) in [6.45, 7) is 2.08. The highest BCUT2D eigenvalue weighted by Crippen LogP contribution is 2.28. The van der Waals surface area contributed by atoms with Gasteiger partial charge in [-0.05, 0) is 31.5 Å². The van der Waals surface area contributed by atoms with Crippen molar-refractivity contribution in [1.82, 2.24) is 4.31 Å². The van der Waals surface area contributed by atoms with Crippen molar-refractivity contribution in [3.63, 3.8) is 0 Å². The number of benzene rings is 1. The van der Waals surface area contributed by atoms with E-state index < -0.39 is 15.8 Å². The highest BCUT2D eigenvalue weighted by atomic mass is 79.9. The first-order valence-electron chi connectivity index (χ1n) is 5.56. The van der Waals surface area contributed by atoms with Crippen LogP contribution in [0.5, 0.6) is 0 Å². The lowest BCUT2D eigenvalue weighted by Crippen LogP contribution is -2.40. The molecule has 1 aliphatic heterocycles. The molecular formula is C11H14BrFN2O2S. The molecule has 0 spiro atoms. The van der Waals surface area contributed by atoms with Gasteiger partial charge < -0.3 is 5.73 Å². The van der Waals surface area contributed by atoms with Crippen molar-refractivity contribution in [3.8, 4) is 0 Å².